The monoisotopic (exact) mass is 364 g/mol. The van der Waals surface area contributed by atoms with E-state index in [0.717, 1.165) is 15.9 Å². The average molecular weight is 364 g/mol. The second kappa shape index (κ2) is 7.24. The first-order chi connectivity index (χ1) is 13.2. The highest BCUT2D eigenvalue weighted by Crippen LogP contribution is 2.27. The number of rotatable bonds is 4. The van der Waals surface area contributed by atoms with Crippen LogP contribution in [0.2, 0.25) is 0 Å². The molecule has 0 aliphatic carbocycles. The number of benzene rings is 2. The maximum atomic E-state index is 12.2. The Bertz CT molecular complexity index is 947. The largest absolute Gasteiger partial charge is 0.480 e. The zero-order chi connectivity index (χ0) is 18.6. The fraction of sp³-hybridized carbons (Fsp3) is 0.167. The van der Waals surface area contributed by atoms with Crippen molar-refractivity contribution in [3.8, 4) is 17.1 Å². The molecule has 2 N–H and O–H groups in total. The Balaban J connectivity index is 1.28. The molecule has 1 aliphatic heterocycles. The lowest BCUT2D eigenvalue weighted by molar-refractivity contribution is -0.133. The molecule has 1 aliphatic rings. The van der Waals surface area contributed by atoms with Crippen molar-refractivity contribution in [1.29, 1.82) is 0 Å². The van der Waals surface area contributed by atoms with E-state index in [4.69, 9.17) is 4.74 Å². The van der Waals surface area contributed by atoms with E-state index in [-0.39, 0.29) is 6.54 Å². The van der Waals surface area contributed by atoms with Crippen molar-refractivity contribution in [3.05, 3.63) is 60.2 Å². The Hall–Kier alpha value is -3.75. The molecule has 0 saturated heterocycles. The molecule has 0 radical (unpaired) electrons. The summed E-state index contributed by atoms with van der Waals surface area (Å²) in [6.07, 6.45) is -0.208. The number of nitrogens with one attached hydrogen (secondary N) is 2. The Morgan fingerprint density at radius 3 is 2.67 bits per heavy atom. The molecular formula is C18H16N6O3. The van der Waals surface area contributed by atoms with Gasteiger partial charge in [-0.3, -0.25) is 20.4 Å². The Morgan fingerprint density at radius 1 is 1.07 bits per heavy atom. The first kappa shape index (κ1) is 16.7. The van der Waals surface area contributed by atoms with E-state index in [1.165, 1.54) is 0 Å². The summed E-state index contributed by atoms with van der Waals surface area (Å²) in [7, 11) is 0. The highest BCUT2D eigenvalue weighted by Gasteiger charge is 2.29. The predicted molar refractivity (Wildman–Crippen MR) is 94.1 cm³/mol. The topological polar surface area (TPSA) is 111 Å². The number of nitrogens with zero attached hydrogens (tertiary/aromatic N) is 4. The number of tetrazole rings is 1. The third kappa shape index (κ3) is 3.76. The lowest BCUT2D eigenvalue weighted by Gasteiger charge is -2.11. The van der Waals surface area contributed by atoms with Crippen molar-refractivity contribution in [3.63, 3.8) is 0 Å². The minimum Gasteiger partial charge on any atom is -0.480 e. The quantitative estimate of drug-likeness (QED) is 0.652. The summed E-state index contributed by atoms with van der Waals surface area (Å²) in [5.74, 6) is 0.209. The summed E-state index contributed by atoms with van der Waals surface area (Å²) in [5.41, 5.74) is 6.47. The molecule has 0 spiro atoms. The van der Waals surface area contributed by atoms with Crippen molar-refractivity contribution in [2.45, 2.75) is 19.1 Å². The highest BCUT2D eigenvalue weighted by atomic mass is 16.5. The molecule has 2 aromatic carbocycles. The number of amides is 2. The van der Waals surface area contributed by atoms with Crippen LogP contribution in [0.1, 0.15) is 5.56 Å². The maximum Gasteiger partial charge on any atom is 0.279 e. The third-order valence-electron chi connectivity index (χ3n) is 4.03. The molecule has 27 heavy (non-hydrogen) atoms. The van der Waals surface area contributed by atoms with Crippen LogP contribution >= 0.6 is 0 Å². The van der Waals surface area contributed by atoms with Crippen molar-refractivity contribution in [2.75, 3.05) is 0 Å². The van der Waals surface area contributed by atoms with Gasteiger partial charge in [0.15, 0.2) is 6.10 Å². The van der Waals surface area contributed by atoms with Crippen LogP contribution in [-0.4, -0.2) is 38.1 Å². The summed E-state index contributed by atoms with van der Waals surface area (Å²) in [6.45, 7) is -0.175. The highest BCUT2D eigenvalue weighted by molar-refractivity contribution is 5.85. The van der Waals surface area contributed by atoms with Gasteiger partial charge in [0, 0.05) is 12.0 Å². The van der Waals surface area contributed by atoms with Gasteiger partial charge in [0.1, 0.15) is 12.3 Å². The fourth-order valence-electron chi connectivity index (χ4n) is 2.72. The number of aromatic nitrogens is 4. The number of ether oxygens (including phenoxy) is 1. The summed E-state index contributed by atoms with van der Waals surface area (Å²) >= 11 is 0. The van der Waals surface area contributed by atoms with Crippen LogP contribution in [0.15, 0.2) is 54.6 Å². The van der Waals surface area contributed by atoms with Crippen LogP contribution in [-0.2, 0) is 22.6 Å². The SMILES string of the molecule is O=C(Cn1nnc(-c2ccccc2)n1)NNC(=O)[C@H]1Cc2ccccc2O1. The van der Waals surface area contributed by atoms with E-state index in [1.807, 2.05) is 54.6 Å². The first-order valence-electron chi connectivity index (χ1n) is 8.35. The lowest BCUT2D eigenvalue weighted by Crippen LogP contribution is -2.48. The van der Waals surface area contributed by atoms with E-state index in [1.54, 1.807) is 0 Å². The molecule has 0 bridgehead atoms. The van der Waals surface area contributed by atoms with Gasteiger partial charge >= 0.3 is 0 Å². The molecule has 3 aromatic rings. The smallest absolute Gasteiger partial charge is 0.279 e. The number of hydrogen-bond donors (Lipinski definition) is 2. The first-order valence-corrected chi connectivity index (χ1v) is 8.35. The number of fused-ring (bicyclic) bond motifs is 1. The molecule has 0 fully saturated rings. The van der Waals surface area contributed by atoms with Gasteiger partial charge in [-0.1, -0.05) is 48.5 Å². The van der Waals surface area contributed by atoms with E-state index in [0.29, 0.717) is 18.0 Å². The van der Waals surface area contributed by atoms with Crippen LogP contribution < -0.4 is 15.6 Å². The molecule has 2 heterocycles. The maximum absolute atomic E-state index is 12.2. The van der Waals surface area contributed by atoms with Gasteiger partial charge in [0.25, 0.3) is 11.8 Å². The minimum absolute atomic E-state index is 0.175. The second-order valence-corrected chi connectivity index (χ2v) is 5.97. The number of hydrogen-bond acceptors (Lipinski definition) is 6. The Kier molecular flexibility index (Phi) is 4.48. The van der Waals surface area contributed by atoms with Crippen molar-refractivity contribution >= 4 is 11.8 Å². The van der Waals surface area contributed by atoms with Gasteiger partial charge in [0.2, 0.25) is 5.82 Å². The number of hydrazine groups is 1. The normalized spacial score (nSPS) is 14.9. The van der Waals surface area contributed by atoms with Crippen molar-refractivity contribution < 1.29 is 14.3 Å². The molecule has 0 saturated carbocycles. The summed E-state index contributed by atoms with van der Waals surface area (Å²) in [4.78, 5) is 25.3. The van der Waals surface area contributed by atoms with Crippen LogP contribution in [0.5, 0.6) is 5.75 Å². The number of para-hydroxylation sites is 1. The van der Waals surface area contributed by atoms with Crippen molar-refractivity contribution in [2.24, 2.45) is 0 Å². The number of carbonyl (C=O) groups is 2. The molecule has 136 valence electrons. The van der Waals surface area contributed by atoms with Gasteiger partial charge in [-0.15, -0.1) is 10.2 Å². The molecule has 4 rings (SSSR count). The Morgan fingerprint density at radius 2 is 1.85 bits per heavy atom. The van der Waals surface area contributed by atoms with Gasteiger partial charge in [0.05, 0.1) is 0 Å². The minimum atomic E-state index is -0.670. The van der Waals surface area contributed by atoms with E-state index < -0.39 is 17.9 Å². The molecule has 2 amide bonds. The van der Waals surface area contributed by atoms with Crippen molar-refractivity contribution in [1.82, 2.24) is 31.1 Å². The van der Waals surface area contributed by atoms with E-state index >= 15 is 0 Å². The van der Waals surface area contributed by atoms with Gasteiger partial charge in [-0.2, -0.15) is 4.80 Å². The summed E-state index contributed by atoms with van der Waals surface area (Å²) < 4.78 is 5.57. The third-order valence-corrected chi connectivity index (χ3v) is 4.03. The zero-order valence-corrected chi connectivity index (χ0v) is 14.2. The average Bonchev–Trinajstić information content (AvgIpc) is 3.33. The van der Waals surface area contributed by atoms with Crippen LogP contribution in [0.3, 0.4) is 0 Å². The predicted octanol–water partition coefficient (Wildman–Crippen LogP) is 0.491. The van der Waals surface area contributed by atoms with Gasteiger partial charge in [-0.25, -0.2) is 0 Å². The molecule has 9 heteroatoms. The molecule has 0 unspecified atom stereocenters. The molecular weight excluding hydrogens is 348 g/mol. The molecule has 1 atom stereocenters. The van der Waals surface area contributed by atoms with Crippen LogP contribution in [0.4, 0.5) is 0 Å². The van der Waals surface area contributed by atoms with Crippen LogP contribution in [0, 0.1) is 0 Å². The van der Waals surface area contributed by atoms with Crippen LogP contribution in [0.25, 0.3) is 11.4 Å². The standard InChI is InChI=1S/C18H16N6O3/c25-16(11-24-22-17(20-23-24)12-6-2-1-3-7-12)19-21-18(26)15-10-13-8-4-5-9-14(13)27-15/h1-9,15H,10-11H2,(H,19,25)(H,21,26)/t15-/m1/s1. The van der Waals surface area contributed by atoms with Gasteiger partial charge in [-0.05, 0) is 16.8 Å². The molecule has 9 nitrogen and oxygen atoms in total. The lowest BCUT2D eigenvalue weighted by atomic mass is 10.1. The Labute approximate surface area is 154 Å². The fourth-order valence-corrected chi connectivity index (χ4v) is 2.72. The zero-order valence-electron chi connectivity index (χ0n) is 14.2. The molecule has 1 aromatic heterocycles. The van der Waals surface area contributed by atoms with Gasteiger partial charge < -0.3 is 4.74 Å². The summed E-state index contributed by atoms with van der Waals surface area (Å²) in [5, 5.41) is 11.9. The summed E-state index contributed by atoms with van der Waals surface area (Å²) in [6, 6.07) is 16.8. The second-order valence-electron chi connectivity index (χ2n) is 5.97. The van der Waals surface area contributed by atoms with E-state index in [2.05, 4.69) is 26.3 Å². The number of carbonyl (C=O) groups excluding carboxylic acids is 2. The van der Waals surface area contributed by atoms with E-state index in [9.17, 15) is 9.59 Å².